The van der Waals surface area contributed by atoms with Crippen LogP contribution in [0.4, 0.5) is 0 Å². The van der Waals surface area contributed by atoms with Crippen LogP contribution in [-0.4, -0.2) is 52.7 Å². The summed E-state index contributed by atoms with van der Waals surface area (Å²) in [6, 6.07) is 4.84. The summed E-state index contributed by atoms with van der Waals surface area (Å²) in [5.74, 6) is -1.87. The molecule has 3 fully saturated rings. The van der Waals surface area contributed by atoms with Gasteiger partial charge in [-0.15, -0.1) is 0 Å². The van der Waals surface area contributed by atoms with E-state index >= 15 is 0 Å². The van der Waals surface area contributed by atoms with Crippen LogP contribution in [-0.2, 0) is 16.1 Å². The van der Waals surface area contributed by atoms with E-state index in [1.165, 1.54) is 25.7 Å². The van der Waals surface area contributed by atoms with Gasteiger partial charge in [0.15, 0.2) is 0 Å². The molecule has 0 aromatic heterocycles. The molecular weight excluding hydrogens is 396 g/mol. The van der Waals surface area contributed by atoms with Crippen molar-refractivity contribution in [1.29, 1.82) is 0 Å². The first-order valence-electron chi connectivity index (χ1n) is 11.3. The van der Waals surface area contributed by atoms with Crippen molar-refractivity contribution in [3.8, 4) is 0 Å². The predicted molar refractivity (Wildman–Crippen MR) is 112 cm³/mol. The molecule has 1 aromatic rings. The fourth-order valence-corrected chi connectivity index (χ4v) is 5.56. The zero-order chi connectivity index (χ0) is 21.6. The van der Waals surface area contributed by atoms with Crippen molar-refractivity contribution in [3.05, 3.63) is 34.9 Å². The number of rotatable bonds is 4. The van der Waals surface area contributed by atoms with Gasteiger partial charge in [0.1, 0.15) is 6.04 Å². The second kappa shape index (κ2) is 7.84. The summed E-state index contributed by atoms with van der Waals surface area (Å²) in [5.41, 5.74) is 1.97. The lowest BCUT2D eigenvalue weighted by Crippen LogP contribution is -2.54. The molecule has 1 saturated carbocycles. The van der Waals surface area contributed by atoms with Gasteiger partial charge < -0.3 is 10.6 Å². The number of hydrogen-bond acceptors (Lipinski definition) is 6. The Labute approximate surface area is 181 Å². The maximum atomic E-state index is 12.9. The van der Waals surface area contributed by atoms with E-state index in [2.05, 4.69) is 16.0 Å². The Morgan fingerprint density at radius 3 is 2.48 bits per heavy atom. The van der Waals surface area contributed by atoms with Gasteiger partial charge in [0.2, 0.25) is 11.8 Å². The van der Waals surface area contributed by atoms with Crippen LogP contribution in [0.2, 0.25) is 0 Å². The van der Waals surface area contributed by atoms with Gasteiger partial charge in [0.25, 0.3) is 11.8 Å². The van der Waals surface area contributed by atoms with Crippen LogP contribution in [0.3, 0.4) is 0 Å². The summed E-state index contributed by atoms with van der Waals surface area (Å²) in [5, 5.41) is 9.52. The average molecular weight is 425 g/mol. The zero-order valence-corrected chi connectivity index (χ0v) is 17.5. The summed E-state index contributed by atoms with van der Waals surface area (Å²) in [4.78, 5) is 50.3. The van der Waals surface area contributed by atoms with Gasteiger partial charge >= 0.3 is 0 Å². The average Bonchev–Trinajstić information content (AvgIpc) is 3.31. The molecule has 1 aromatic carbocycles. The van der Waals surface area contributed by atoms with E-state index in [0.29, 0.717) is 29.3 Å². The molecule has 1 aliphatic carbocycles. The van der Waals surface area contributed by atoms with Crippen LogP contribution in [0.1, 0.15) is 77.6 Å². The summed E-state index contributed by atoms with van der Waals surface area (Å²) < 4.78 is 0. The first kappa shape index (κ1) is 20.3. The minimum atomic E-state index is -0.926. The number of imide groups is 2. The quantitative estimate of drug-likeness (QED) is 0.628. The van der Waals surface area contributed by atoms with Crippen molar-refractivity contribution in [2.24, 2.45) is 0 Å². The van der Waals surface area contributed by atoms with E-state index in [-0.39, 0.29) is 18.7 Å². The fourth-order valence-electron chi connectivity index (χ4n) is 5.56. The molecular formula is C23H28N4O4. The van der Waals surface area contributed by atoms with Gasteiger partial charge in [0.05, 0.1) is 11.1 Å². The number of hydrogen-bond donors (Lipinski definition) is 3. The van der Waals surface area contributed by atoms with Crippen LogP contribution in [0.5, 0.6) is 0 Å². The molecule has 3 N–H and O–H groups in total. The Bertz CT molecular complexity index is 943. The standard InChI is InChI=1S/C23H28N4O4/c28-19-5-4-18(20(29)26-19)27-21(30)16-3-2-14(12-17(16)22(27)31)13-24-15-6-9-23(10-7-15)8-1-11-25-23/h2-3,12,15,18,24-25H,1,4-11,13H2,(H,26,28,29). The number of benzene rings is 1. The highest BCUT2D eigenvalue weighted by Crippen LogP contribution is 2.35. The number of nitrogens with one attached hydrogen (secondary N) is 3. The highest BCUT2D eigenvalue weighted by atomic mass is 16.2. The monoisotopic (exact) mass is 424 g/mol. The molecule has 5 rings (SSSR count). The Balaban J connectivity index is 1.23. The van der Waals surface area contributed by atoms with Crippen molar-refractivity contribution in [2.45, 2.75) is 75.5 Å². The molecule has 31 heavy (non-hydrogen) atoms. The second-order valence-electron chi connectivity index (χ2n) is 9.29. The van der Waals surface area contributed by atoms with Crippen molar-refractivity contribution in [1.82, 2.24) is 20.9 Å². The van der Waals surface area contributed by atoms with Gasteiger partial charge in [-0.3, -0.25) is 29.4 Å². The molecule has 3 aliphatic heterocycles. The van der Waals surface area contributed by atoms with Crippen molar-refractivity contribution < 1.29 is 19.2 Å². The SMILES string of the molecule is O=C1CCC(N2C(=O)c3ccc(CNC4CCC5(CCCN5)CC4)cc3C2=O)C(=O)N1. The number of amides is 4. The van der Waals surface area contributed by atoms with E-state index in [9.17, 15) is 19.2 Å². The number of piperidine rings is 1. The zero-order valence-electron chi connectivity index (χ0n) is 17.5. The molecule has 1 unspecified atom stereocenters. The molecule has 2 saturated heterocycles. The Morgan fingerprint density at radius 1 is 1.00 bits per heavy atom. The van der Waals surface area contributed by atoms with Crippen LogP contribution in [0, 0.1) is 0 Å². The van der Waals surface area contributed by atoms with E-state index < -0.39 is 23.8 Å². The van der Waals surface area contributed by atoms with Crippen molar-refractivity contribution in [3.63, 3.8) is 0 Å². The molecule has 4 amide bonds. The third-order valence-electron chi connectivity index (χ3n) is 7.37. The Kier molecular flexibility index (Phi) is 5.14. The van der Waals surface area contributed by atoms with E-state index in [4.69, 9.17) is 0 Å². The van der Waals surface area contributed by atoms with Crippen LogP contribution in [0.15, 0.2) is 18.2 Å². The number of fused-ring (bicyclic) bond motifs is 1. The lowest BCUT2D eigenvalue weighted by Gasteiger charge is -2.38. The summed E-state index contributed by atoms with van der Waals surface area (Å²) >= 11 is 0. The summed E-state index contributed by atoms with van der Waals surface area (Å²) in [6.45, 7) is 1.77. The first-order valence-corrected chi connectivity index (χ1v) is 11.3. The number of nitrogens with zero attached hydrogens (tertiary/aromatic N) is 1. The van der Waals surface area contributed by atoms with E-state index in [1.54, 1.807) is 12.1 Å². The number of carbonyl (C=O) groups excluding carboxylic acids is 4. The fraction of sp³-hybridized carbons (Fsp3) is 0.565. The lowest BCUT2D eigenvalue weighted by molar-refractivity contribution is -0.136. The van der Waals surface area contributed by atoms with Crippen molar-refractivity contribution in [2.75, 3.05) is 6.54 Å². The van der Waals surface area contributed by atoms with Gasteiger partial charge in [-0.25, -0.2) is 0 Å². The normalized spacial score (nSPS) is 30.8. The topological polar surface area (TPSA) is 108 Å². The molecule has 3 heterocycles. The first-order chi connectivity index (χ1) is 15.0. The lowest BCUT2D eigenvalue weighted by atomic mass is 9.78. The third-order valence-corrected chi connectivity index (χ3v) is 7.37. The second-order valence-corrected chi connectivity index (χ2v) is 9.29. The highest BCUT2D eigenvalue weighted by Gasteiger charge is 2.44. The number of carbonyl (C=O) groups is 4. The van der Waals surface area contributed by atoms with Crippen molar-refractivity contribution >= 4 is 23.6 Å². The van der Waals surface area contributed by atoms with Crippen LogP contribution < -0.4 is 16.0 Å². The van der Waals surface area contributed by atoms with Gasteiger partial charge in [0, 0.05) is 24.5 Å². The Morgan fingerprint density at radius 2 is 1.77 bits per heavy atom. The maximum Gasteiger partial charge on any atom is 0.262 e. The molecule has 0 radical (unpaired) electrons. The van der Waals surface area contributed by atoms with Gasteiger partial charge in [-0.2, -0.15) is 0 Å². The Hall–Kier alpha value is -2.58. The van der Waals surface area contributed by atoms with Crippen LogP contribution >= 0.6 is 0 Å². The third kappa shape index (κ3) is 3.68. The molecule has 1 spiro atoms. The van der Waals surface area contributed by atoms with Gasteiger partial charge in [-0.1, -0.05) is 6.07 Å². The van der Waals surface area contributed by atoms with E-state index in [1.807, 2.05) is 6.07 Å². The summed E-state index contributed by atoms with van der Waals surface area (Å²) in [6.07, 6.45) is 7.52. The predicted octanol–water partition coefficient (Wildman–Crippen LogP) is 1.24. The molecule has 8 heteroatoms. The molecule has 164 valence electrons. The van der Waals surface area contributed by atoms with E-state index in [0.717, 1.165) is 29.8 Å². The molecule has 0 bridgehead atoms. The maximum absolute atomic E-state index is 12.9. The molecule has 1 atom stereocenters. The highest BCUT2D eigenvalue weighted by molar-refractivity contribution is 6.23. The molecule has 4 aliphatic rings. The minimum Gasteiger partial charge on any atom is -0.311 e. The smallest absolute Gasteiger partial charge is 0.262 e. The summed E-state index contributed by atoms with van der Waals surface area (Å²) in [7, 11) is 0. The molecule has 8 nitrogen and oxygen atoms in total. The van der Waals surface area contributed by atoms with Crippen LogP contribution in [0.25, 0.3) is 0 Å². The van der Waals surface area contributed by atoms with Gasteiger partial charge in [-0.05, 0) is 69.2 Å². The largest absolute Gasteiger partial charge is 0.311 e. The minimum absolute atomic E-state index is 0.122.